The van der Waals surface area contributed by atoms with Crippen LogP contribution in [0.5, 0.6) is 0 Å². The molecule has 0 aromatic heterocycles. The lowest BCUT2D eigenvalue weighted by atomic mass is 10.1. The lowest BCUT2D eigenvalue weighted by molar-refractivity contribution is -0.142. The molecule has 4 heteroatoms. The minimum absolute atomic E-state index is 0.595. The maximum Gasteiger partial charge on any atom is 0.326 e. The van der Waals surface area contributed by atoms with Crippen molar-refractivity contribution in [3.05, 3.63) is 35.9 Å². The zero-order chi connectivity index (χ0) is 10.6. The first kappa shape index (κ1) is 11.0. The van der Waals surface area contributed by atoms with E-state index in [1.54, 1.807) is 24.3 Å². The lowest BCUT2D eigenvalue weighted by Crippen LogP contribution is -2.23. The van der Waals surface area contributed by atoms with E-state index in [2.05, 4.69) is 4.74 Å². The van der Waals surface area contributed by atoms with Crippen LogP contribution in [0, 0.1) is 0 Å². The minimum Gasteiger partial charge on any atom is -0.468 e. The summed E-state index contributed by atoms with van der Waals surface area (Å²) >= 11 is 5.69. The average Bonchev–Trinajstić information content (AvgIpc) is 2.27. The maximum atomic E-state index is 11.0. The molecule has 2 atom stereocenters. The van der Waals surface area contributed by atoms with Crippen molar-refractivity contribution in [2.45, 2.75) is 11.5 Å². The third-order valence-corrected chi connectivity index (χ3v) is 2.26. The number of halogens is 1. The van der Waals surface area contributed by atoms with Crippen molar-refractivity contribution >= 4 is 17.6 Å². The summed E-state index contributed by atoms with van der Waals surface area (Å²) in [5.41, 5.74) is 0.595. The van der Waals surface area contributed by atoms with Crippen molar-refractivity contribution in [3.63, 3.8) is 0 Å². The highest BCUT2D eigenvalue weighted by atomic mass is 35.5. The number of aliphatic hydroxyl groups is 1. The topological polar surface area (TPSA) is 46.5 Å². The van der Waals surface area contributed by atoms with Crippen LogP contribution in [0.3, 0.4) is 0 Å². The number of rotatable bonds is 3. The first-order valence-corrected chi connectivity index (χ1v) is 4.55. The molecule has 0 bridgehead atoms. The Morgan fingerprint density at radius 3 is 2.50 bits per heavy atom. The predicted octanol–water partition coefficient (Wildman–Crippen LogP) is 1.50. The zero-order valence-corrected chi connectivity index (χ0v) is 8.44. The molecule has 0 saturated carbocycles. The monoisotopic (exact) mass is 214 g/mol. The highest BCUT2D eigenvalue weighted by Crippen LogP contribution is 2.21. The van der Waals surface area contributed by atoms with Gasteiger partial charge in [-0.25, -0.2) is 0 Å². The number of esters is 1. The second kappa shape index (κ2) is 4.98. The van der Waals surface area contributed by atoms with Crippen LogP contribution in [0.25, 0.3) is 0 Å². The summed E-state index contributed by atoms with van der Waals surface area (Å²) in [6.45, 7) is 0. The van der Waals surface area contributed by atoms with Crippen LogP contribution in [-0.4, -0.2) is 23.6 Å². The minimum atomic E-state index is -1.07. The van der Waals surface area contributed by atoms with Gasteiger partial charge in [-0.05, 0) is 5.56 Å². The van der Waals surface area contributed by atoms with Gasteiger partial charge in [-0.15, -0.1) is 11.6 Å². The average molecular weight is 215 g/mol. The molecule has 1 aromatic rings. The number of carbonyl (C=O) groups is 1. The standard InChI is InChI=1S/C10H11ClO3/c1-14-10(13)8(11)9(12)7-5-3-2-4-6-7/h2-6,8-9,12H,1H3/t8?,9-/m0/s1. The van der Waals surface area contributed by atoms with Crippen LogP contribution in [0.15, 0.2) is 30.3 Å². The van der Waals surface area contributed by atoms with Crippen molar-refractivity contribution in [2.24, 2.45) is 0 Å². The molecule has 14 heavy (non-hydrogen) atoms. The van der Waals surface area contributed by atoms with Gasteiger partial charge in [-0.3, -0.25) is 4.79 Å². The van der Waals surface area contributed by atoms with Gasteiger partial charge in [0, 0.05) is 0 Å². The first-order chi connectivity index (χ1) is 6.66. The summed E-state index contributed by atoms with van der Waals surface area (Å²) in [5, 5.41) is 8.59. The maximum absolute atomic E-state index is 11.0. The number of ether oxygens (including phenoxy) is 1. The van der Waals surface area contributed by atoms with Gasteiger partial charge in [-0.1, -0.05) is 30.3 Å². The first-order valence-electron chi connectivity index (χ1n) is 4.11. The van der Waals surface area contributed by atoms with Crippen molar-refractivity contribution in [3.8, 4) is 0 Å². The number of alkyl halides is 1. The molecule has 1 N–H and O–H groups in total. The number of carbonyl (C=O) groups excluding carboxylic acids is 1. The molecular weight excluding hydrogens is 204 g/mol. The van der Waals surface area contributed by atoms with E-state index in [0.717, 1.165) is 0 Å². The van der Waals surface area contributed by atoms with Gasteiger partial charge in [0.2, 0.25) is 0 Å². The smallest absolute Gasteiger partial charge is 0.326 e. The molecule has 1 unspecified atom stereocenters. The third-order valence-electron chi connectivity index (χ3n) is 1.84. The highest BCUT2D eigenvalue weighted by Gasteiger charge is 2.26. The lowest BCUT2D eigenvalue weighted by Gasteiger charge is -2.14. The van der Waals surface area contributed by atoms with Crippen LogP contribution in [-0.2, 0) is 9.53 Å². The fourth-order valence-electron chi connectivity index (χ4n) is 1.06. The van der Waals surface area contributed by atoms with E-state index >= 15 is 0 Å². The van der Waals surface area contributed by atoms with Gasteiger partial charge in [0.15, 0.2) is 5.38 Å². The quantitative estimate of drug-likeness (QED) is 0.613. The van der Waals surface area contributed by atoms with Crippen molar-refractivity contribution in [1.82, 2.24) is 0 Å². The molecule has 0 fully saturated rings. The van der Waals surface area contributed by atoms with Gasteiger partial charge >= 0.3 is 5.97 Å². The van der Waals surface area contributed by atoms with Crippen LogP contribution >= 0.6 is 11.6 Å². The fourth-order valence-corrected chi connectivity index (χ4v) is 1.30. The summed E-state index contributed by atoms with van der Waals surface area (Å²) in [5.74, 6) is -0.636. The Hall–Kier alpha value is -1.06. The van der Waals surface area contributed by atoms with Crippen LogP contribution in [0.1, 0.15) is 11.7 Å². The molecular formula is C10H11ClO3. The molecule has 0 aliphatic heterocycles. The molecule has 3 nitrogen and oxygen atoms in total. The van der Waals surface area contributed by atoms with E-state index in [1.807, 2.05) is 6.07 Å². The Balaban J connectivity index is 2.75. The number of methoxy groups -OCH3 is 1. The van der Waals surface area contributed by atoms with E-state index in [-0.39, 0.29) is 0 Å². The molecule has 0 amide bonds. The van der Waals surface area contributed by atoms with E-state index < -0.39 is 17.5 Å². The van der Waals surface area contributed by atoms with E-state index in [1.165, 1.54) is 7.11 Å². The molecule has 1 rings (SSSR count). The van der Waals surface area contributed by atoms with Crippen LogP contribution in [0.4, 0.5) is 0 Å². The fraction of sp³-hybridized carbons (Fsp3) is 0.300. The second-order valence-corrected chi connectivity index (χ2v) is 3.25. The largest absolute Gasteiger partial charge is 0.468 e. The van der Waals surface area contributed by atoms with Gasteiger partial charge in [0.05, 0.1) is 7.11 Å². The normalized spacial score (nSPS) is 14.5. The van der Waals surface area contributed by atoms with Crippen LogP contribution < -0.4 is 0 Å². The summed E-state index contributed by atoms with van der Waals surface area (Å²) in [6.07, 6.45) is -1.04. The molecule has 1 aromatic carbocycles. The number of hydrogen-bond donors (Lipinski definition) is 1. The summed E-state index contributed by atoms with van der Waals surface area (Å²) in [4.78, 5) is 11.0. The number of aliphatic hydroxyl groups excluding tert-OH is 1. The number of hydrogen-bond acceptors (Lipinski definition) is 3. The Bertz CT molecular complexity index is 299. The molecule has 76 valence electrons. The van der Waals surface area contributed by atoms with Gasteiger partial charge < -0.3 is 9.84 Å². The van der Waals surface area contributed by atoms with Gasteiger partial charge in [0.1, 0.15) is 6.10 Å². The zero-order valence-electron chi connectivity index (χ0n) is 7.68. The highest BCUT2D eigenvalue weighted by molar-refractivity contribution is 6.30. The van der Waals surface area contributed by atoms with Crippen molar-refractivity contribution < 1.29 is 14.6 Å². The molecule has 0 aliphatic rings. The predicted molar refractivity (Wildman–Crippen MR) is 53.1 cm³/mol. The molecule has 0 spiro atoms. The molecule has 0 heterocycles. The Morgan fingerprint density at radius 2 is 2.00 bits per heavy atom. The Kier molecular flexibility index (Phi) is 3.92. The van der Waals surface area contributed by atoms with Gasteiger partial charge in [0.25, 0.3) is 0 Å². The molecule has 0 saturated heterocycles. The summed E-state index contributed by atoms with van der Waals surface area (Å²) in [6, 6.07) is 8.74. The van der Waals surface area contributed by atoms with E-state index in [4.69, 9.17) is 11.6 Å². The third kappa shape index (κ3) is 2.47. The summed E-state index contributed by atoms with van der Waals surface area (Å²) in [7, 11) is 1.23. The second-order valence-electron chi connectivity index (χ2n) is 2.78. The van der Waals surface area contributed by atoms with Crippen molar-refractivity contribution in [1.29, 1.82) is 0 Å². The van der Waals surface area contributed by atoms with Crippen molar-refractivity contribution in [2.75, 3.05) is 7.11 Å². The SMILES string of the molecule is COC(=O)C(Cl)[C@@H](O)c1ccccc1. The summed E-state index contributed by atoms with van der Waals surface area (Å²) < 4.78 is 4.42. The van der Waals surface area contributed by atoms with E-state index in [0.29, 0.717) is 5.56 Å². The Morgan fingerprint density at radius 1 is 1.43 bits per heavy atom. The molecule has 0 radical (unpaired) electrons. The van der Waals surface area contributed by atoms with E-state index in [9.17, 15) is 9.90 Å². The number of benzene rings is 1. The van der Waals surface area contributed by atoms with Crippen LogP contribution in [0.2, 0.25) is 0 Å². The van der Waals surface area contributed by atoms with Gasteiger partial charge in [-0.2, -0.15) is 0 Å². The Labute approximate surface area is 87.3 Å². The molecule has 0 aliphatic carbocycles.